The molecule has 1 amide bonds. The summed E-state index contributed by atoms with van der Waals surface area (Å²) in [6, 6.07) is 13.7. The fraction of sp³-hybridized carbons (Fsp3) is 0.235. The summed E-state index contributed by atoms with van der Waals surface area (Å²) < 4.78 is 5.66. The van der Waals surface area contributed by atoms with Gasteiger partial charge in [-0.1, -0.05) is 29.8 Å². The number of carbonyl (C=O) groups is 1. The summed E-state index contributed by atoms with van der Waals surface area (Å²) in [4.78, 5) is 13.3. The van der Waals surface area contributed by atoms with Gasteiger partial charge in [-0.3, -0.25) is 4.79 Å². The third-order valence-corrected chi connectivity index (χ3v) is 3.84. The zero-order chi connectivity index (χ0) is 15.5. The van der Waals surface area contributed by atoms with Gasteiger partial charge in [-0.25, -0.2) is 0 Å². The zero-order valence-corrected chi connectivity index (χ0v) is 13.1. The molecule has 0 radical (unpaired) electrons. The molecule has 1 N–H and O–H groups in total. The first kappa shape index (κ1) is 14.7. The van der Waals surface area contributed by atoms with Gasteiger partial charge in [0.05, 0.1) is 17.3 Å². The number of rotatable bonds is 3. The van der Waals surface area contributed by atoms with Gasteiger partial charge in [0.2, 0.25) is 5.91 Å². The first-order chi connectivity index (χ1) is 10.6. The fourth-order valence-electron chi connectivity index (χ4n) is 2.55. The van der Waals surface area contributed by atoms with E-state index in [4.69, 9.17) is 16.3 Å². The van der Waals surface area contributed by atoms with E-state index in [0.717, 1.165) is 30.2 Å². The summed E-state index contributed by atoms with van der Waals surface area (Å²) in [6.07, 6.45) is 0. The minimum absolute atomic E-state index is 0.0653. The monoisotopic (exact) mass is 316 g/mol. The van der Waals surface area contributed by atoms with Crippen molar-refractivity contribution in [2.45, 2.75) is 13.5 Å². The van der Waals surface area contributed by atoms with Crippen LogP contribution in [0.15, 0.2) is 42.5 Å². The Hall–Kier alpha value is -2.20. The second kappa shape index (κ2) is 6.28. The molecule has 5 heteroatoms. The lowest BCUT2D eigenvalue weighted by atomic mass is 10.1. The van der Waals surface area contributed by atoms with Crippen LogP contribution in [0.3, 0.4) is 0 Å². The lowest BCUT2D eigenvalue weighted by Gasteiger charge is -2.31. The Morgan fingerprint density at radius 2 is 2.05 bits per heavy atom. The van der Waals surface area contributed by atoms with Crippen LogP contribution < -0.4 is 15.0 Å². The van der Waals surface area contributed by atoms with Crippen LogP contribution in [0, 0.1) is 0 Å². The second-order valence-electron chi connectivity index (χ2n) is 5.24. The van der Waals surface area contributed by atoms with Crippen LogP contribution >= 0.6 is 11.6 Å². The Balaban J connectivity index is 1.77. The number of carbonyl (C=O) groups excluding carboxylic acids is 1. The van der Waals surface area contributed by atoms with Gasteiger partial charge in [-0.15, -0.1) is 0 Å². The molecule has 2 aromatic rings. The Labute approximate surface area is 134 Å². The summed E-state index contributed by atoms with van der Waals surface area (Å²) in [5.74, 6) is 0.690. The van der Waals surface area contributed by atoms with Gasteiger partial charge in [-0.05, 0) is 29.8 Å². The molecule has 0 aromatic heterocycles. The van der Waals surface area contributed by atoms with E-state index in [1.165, 1.54) is 12.5 Å². The number of para-hydroxylation sites is 1. The van der Waals surface area contributed by atoms with Crippen LogP contribution in [-0.2, 0) is 11.3 Å². The highest BCUT2D eigenvalue weighted by atomic mass is 35.5. The summed E-state index contributed by atoms with van der Waals surface area (Å²) in [5, 5.41) is 3.41. The lowest BCUT2D eigenvalue weighted by molar-refractivity contribution is -0.114. The first-order valence-corrected chi connectivity index (χ1v) is 7.54. The van der Waals surface area contributed by atoms with Gasteiger partial charge in [0.25, 0.3) is 0 Å². The summed E-state index contributed by atoms with van der Waals surface area (Å²) in [5.41, 5.74) is 2.99. The van der Waals surface area contributed by atoms with Crippen molar-refractivity contribution in [1.82, 2.24) is 0 Å². The van der Waals surface area contributed by atoms with E-state index in [1.807, 2.05) is 42.5 Å². The minimum atomic E-state index is -0.0653. The van der Waals surface area contributed by atoms with Crippen molar-refractivity contribution in [1.29, 1.82) is 0 Å². The normalized spacial score (nSPS) is 13.3. The van der Waals surface area contributed by atoms with Crippen molar-refractivity contribution in [3.05, 3.63) is 53.1 Å². The molecule has 0 aliphatic carbocycles. The van der Waals surface area contributed by atoms with Crippen molar-refractivity contribution in [3.8, 4) is 5.75 Å². The van der Waals surface area contributed by atoms with Crippen LogP contribution in [0.1, 0.15) is 12.5 Å². The Kier molecular flexibility index (Phi) is 4.20. The number of fused-ring (bicyclic) bond motifs is 1. The predicted octanol–water partition coefficient (Wildman–Crippen LogP) is 3.70. The van der Waals surface area contributed by atoms with Crippen molar-refractivity contribution >= 4 is 28.9 Å². The lowest BCUT2D eigenvalue weighted by Crippen LogP contribution is -2.32. The maximum absolute atomic E-state index is 11.0. The molecule has 1 aliphatic rings. The Morgan fingerprint density at radius 3 is 2.77 bits per heavy atom. The van der Waals surface area contributed by atoms with Gasteiger partial charge in [0, 0.05) is 19.2 Å². The molecule has 0 saturated carbocycles. The topological polar surface area (TPSA) is 41.6 Å². The van der Waals surface area contributed by atoms with E-state index in [1.54, 1.807) is 0 Å². The molecule has 1 heterocycles. The minimum Gasteiger partial charge on any atom is -0.488 e. The number of nitrogens with zero attached hydrogens (tertiary/aromatic N) is 1. The summed E-state index contributed by atoms with van der Waals surface area (Å²) >= 11 is 6.19. The van der Waals surface area contributed by atoms with Crippen LogP contribution in [0.2, 0.25) is 5.02 Å². The highest BCUT2D eigenvalue weighted by Gasteiger charge is 2.20. The van der Waals surface area contributed by atoms with Crippen LogP contribution in [-0.4, -0.2) is 19.1 Å². The molecule has 22 heavy (non-hydrogen) atoms. The van der Waals surface area contributed by atoms with Crippen LogP contribution in [0.4, 0.5) is 11.4 Å². The first-order valence-electron chi connectivity index (χ1n) is 7.16. The van der Waals surface area contributed by atoms with E-state index < -0.39 is 0 Å². The number of nitrogens with one attached hydrogen (secondary N) is 1. The van der Waals surface area contributed by atoms with Gasteiger partial charge >= 0.3 is 0 Å². The average molecular weight is 317 g/mol. The molecule has 1 aliphatic heterocycles. The van der Waals surface area contributed by atoms with E-state index in [0.29, 0.717) is 11.6 Å². The third kappa shape index (κ3) is 3.17. The fourth-order valence-corrected chi connectivity index (χ4v) is 2.77. The van der Waals surface area contributed by atoms with Gasteiger partial charge in [0.15, 0.2) is 5.75 Å². The molecular weight excluding hydrogens is 300 g/mol. The number of hydrogen-bond acceptors (Lipinski definition) is 3. The number of ether oxygens (including phenoxy) is 1. The van der Waals surface area contributed by atoms with Crippen molar-refractivity contribution in [2.24, 2.45) is 0 Å². The SMILES string of the molecule is CC(=O)Nc1ccc(CN2CCOc3c(Cl)cccc32)cc1. The highest BCUT2D eigenvalue weighted by Crippen LogP contribution is 2.38. The quantitative estimate of drug-likeness (QED) is 0.939. The van der Waals surface area contributed by atoms with Crippen LogP contribution in [0.5, 0.6) is 5.75 Å². The molecule has 0 saturated heterocycles. The van der Waals surface area contributed by atoms with Crippen molar-refractivity contribution < 1.29 is 9.53 Å². The molecular formula is C17H17ClN2O2. The number of amides is 1. The molecule has 0 fully saturated rings. The molecule has 0 bridgehead atoms. The van der Waals surface area contributed by atoms with E-state index in [9.17, 15) is 4.79 Å². The number of hydrogen-bond donors (Lipinski definition) is 1. The molecule has 4 nitrogen and oxygen atoms in total. The number of halogens is 1. The van der Waals surface area contributed by atoms with E-state index >= 15 is 0 Å². The molecule has 0 atom stereocenters. The molecule has 114 valence electrons. The van der Waals surface area contributed by atoms with Gasteiger partial charge < -0.3 is 15.0 Å². The Bertz CT molecular complexity index is 686. The van der Waals surface area contributed by atoms with Gasteiger partial charge in [0.1, 0.15) is 6.61 Å². The molecule has 2 aromatic carbocycles. The third-order valence-electron chi connectivity index (χ3n) is 3.54. The largest absolute Gasteiger partial charge is 0.488 e. The smallest absolute Gasteiger partial charge is 0.221 e. The predicted molar refractivity (Wildman–Crippen MR) is 88.7 cm³/mol. The standard InChI is InChI=1S/C17H17ClN2O2/c1-12(21)19-14-7-5-13(6-8-14)11-20-9-10-22-17-15(18)3-2-4-16(17)20/h2-8H,9-11H2,1H3,(H,19,21). The maximum Gasteiger partial charge on any atom is 0.221 e. The van der Waals surface area contributed by atoms with E-state index in [-0.39, 0.29) is 5.91 Å². The van der Waals surface area contributed by atoms with Crippen LogP contribution in [0.25, 0.3) is 0 Å². The molecule has 0 spiro atoms. The maximum atomic E-state index is 11.0. The average Bonchev–Trinajstić information content (AvgIpc) is 2.50. The van der Waals surface area contributed by atoms with Crippen molar-refractivity contribution in [2.75, 3.05) is 23.4 Å². The second-order valence-corrected chi connectivity index (χ2v) is 5.64. The summed E-state index contributed by atoms with van der Waals surface area (Å²) in [7, 11) is 0. The Morgan fingerprint density at radius 1 is 1.27 bits per heavy atom. The number of benzene rings is 2. The summed E-state index contributed by atoms with van der Waals surface area (Å²) in [6.45, 7) is 3.72. The van der Waals surface area contributed by atoms with Crippen molar-refractivity contribution in [3.63, 3.8) is 0 Å². The zero-order valence-electron chi connectivity index (χ0n) is 12.3. The molecule has 0 unspecified atom stereocenters. The highest BCUT2D eigenvalue weighted by molar-refractivity contribution is 6.32. The van der Waals surface area contributed by atoms with Gasteiger partial charge in [-0.2, -0.15) is 0 Å². The number of anilines is 2. The molecule has 3 rings (SSSR count). The van der Waals surface area contributed by atoms with E-state index in [2.05, 4.69) is 10.2 Å².